The van der Waals surface area contributed by atoms with Crippen molar-refractivity contribution in [3.8, 4) is 5.75 Å². The third-order valence-corrected chi connectivity index (χ3v) is 6.52. The molecule has 1 aliphatic heterocycles. The highest BCUT2D eigenvalue weighted by Crippen LogP contribution is 2.28. The summed E-state index contributed by atoms with van der Waals surface area (Å²) in [5.74, 6) is 0.543. The van der Waals surface area contributed by atoms with Gasteiger partial charge < -0.3 is 14.5 Å². The van der Waals surface area contributed by atoms with Crippen LogP contribution in [0.15, 0.2) is 67.0 Å². The van der Waals surface area contributed by atoms with Crippen molar-refractivity contribution >= 4 is 23.4 Å². The van der Waals surface area contributed by atoms with Gasteiger partial charge in [0.1, 0.15) is 18.4 Å². The van der Waals surface area contributed by atoms with Crippen LogP contribution in [0.25, 0.3) is 0 Å². The maximum atomic E-state index is 13.2. The molecule has 8 heteroatoms. The zero-order chi connectivity index (χ0) is 24.8. The summed E-state index contributed by atoms with van der Waals surface area (Å²) in [5.41, 5.74) is 2.08. The molecule has 2 heterocycles. The number of amides is 2. The number of aromatic nitrogens is 2. The average molecular weight is 495 g/mol. The summed E-state index contributed by atoms with van der Waals surface area (Å²) in [6, 6.07) is 17.2. The number of benzene rings is 2. The standard InChI is InChI=1S/C27H31ClN4O3/c1-20-15-29-32(16-20)19-27(34)31-12-11-25(35-24-10-6-9-23(28)14-24)22(18-31)13-26(33)30(2)17-21-7-4-3-5-8-21/h3-10,14-16,22,25H,11-13,17-19H2,1-2H3/t22-,25-/m0/s1. The van der Waals surface area contributed by atoms with E-state index in [9.17, 15) is 9.59 Å². The summed E-state index contributed by atoms with van der Waals surface area (Å²) in [5, 5.41) is 4.83. The number of halogens is 1. The highest BCUT2D eigenvalue weighted by Gasteiger charge is 2.35. The van der Waals surface area contributed by atoms with Crippen molar-refractivity contribution in [1.82, 2.24) is 19.6 Å². The third kappa shape index (κ3) is 6.85. The first-order chi connectivity index (χ1) is 16.9. The molecule has 0 bridgehead atoms. The summed E-state index contributed by atoms with van der Waals surface area (Å²) < 4.78 is 7.94. The van der Waals surface area contributed by atoms with Gasteiger partial charge in [0.05, 0.1) is 6.20 Å². The predicted octanol–water partition coefficient (Wildman–Crippen LogP) is 4.19. The molecule has 184 valence electrons. The van der Waals surface area contributed by atoms with E-state index in [4.69, 9.17) is 16.3 Å². The van der Waals surface area contributed by atoms with E-state index in [1.54, 1.807) is 27.9 Å². The van der Waals surface area contributed by atoms with Gasteiger partial charge >= 0.3 is 0 Å². The molecule has 7 nitrogen and oxygen atoms in total. The van der Waals surface area contributed by atoms with Crippen LogP contribution in [0.5, 0.6) is 5.75 Å². The summed E-state index contributed by atoms with van der Waals surface area (Å²) in [6.07, 6.45) is 4.32. The minimum absolute atomic E-state index is 0.00982. The molecule has 0 aliphatic carbocycles. The van der Waals surface area contributed by atoms with Crippen LogP contribution in [0, 0.1) is 12.8 Å². The average Bonchev–Trinajstić information content (AvgIpc) is 3.25. The van der Waals surface area contributed by atoms with E-state index in [1.807, 2.05) is 67.5 Å². The summed E-state index contributed by atoms with van der Waals surface area (Å²) in [7, 11) is 1.81. The van der Waals surface area contributed by atoms with Crippen molar-refractivity contribution in [2.24, 2.45) is 5.92 Å². The van der Waals surface area contributed by atoms with Crippen LogP contribution in [0.3, 0.4) is 0 Å². The molecular weight excluding hydrogens is 464 g/mol. The lowest BCUT2D eigenvalue weighted by Crippen LogP contribution is -2.50. The number of piperidine rings is 1. The lowest BCUT2D eigenvalue weighted by molar-refractivity contribution is -0.139. The largest absolute Gasteiger partial charge is 0.490 e. The number of rotatable bonds is 8. The highest BCUT2D eigenvalue weighted by atomic mass is 35.5. The summed E-state index contributed by atoms with van der Waals surface area (Å²) in [6.45, 7) is 3.68. The lowest BCUT2D eigenvalue weighted by Gasteiger charge is -2.39. The maximum absolute atomic E-state index is 13.2. The second kappa shape index (κ2) is 11.4. The van der Waals surface area contributed by atoms with E-state index < -0.39 is 0 Å². The molecule has 2 amide bonds. The van der Waals surface area contributed by atoms with Crippen molar-refractivity contribution in [2.45, 2.75) is 39.0 Å². The Morgan fingerprint density at radius 3 is 2.69 bits per heavy atom. The molecule has 35 heavy (non-hydrogen) atoms. The van der Waals surface area contributed by atoms with Crippen molar-refractivity contribution in [3.05, 3.63) is 83.1 Å². The number of ether oxygens (including phenoxy) is 1. The molecule has 2 aromatic carbocycles. The van der Waals surface area contributed by atoms with Crippen LogP contribution in [0.4, 0.5) is 0 Å². The molecule has 1 fully saturated rings. The Bertz CT molecular complexity index is 1150. The zero-order valence-corrected chi connectivity index (χ0v) is 20.9. The molecule has 1 aliphatic rings. The first kappa shape index (κ1) is 24.8. The molecule has 4 rings (SSSR count). The Hall–Kier alpha value is -3.32. The number of nitrogens with zero attached hydrogens (tertiary/aromatic N) is 4. The Balaban J connectivity index is 1.45. The van der Waals surface area contributed by atoms with Crippen molar-refractivity contribution < 1.29 is 14.3 Å². The van der Waals surface area contributed by atoms with Crippen LogP contribution in [-0.4, -0.2) is 57.6 Å². The minimum Gasteiger partial charge on any atom is -0.490 e. The van der Waals surface area contributed by atoms with E-state index >= 15 is 0 Å². The zero-order valence-electron chi connectivity index (χ0n) is 20.1. The van der Waals surface area contributed by atoms with Crippen molar-refractivity contribution in [3.63, 3.8) is 0 Å². The predicted molar refractivity (Wildman–Crippen MR) is 135 cm³/mol. The molecule has 0 unspecified atom stereocenters. The highest BCUT2D eigenvalue weighted by molar-refractivity contribution is 6.30. The topological polar surface area (TPSA) is 67.7 Å². The molecule has 1 saturated heterocycles. The number of carbonyl (C=O) groups is 2. The van der Waals surface area contributed by atoms with E-state index in [0.29, 0.717) is 43.2 Å². The second-order valence-electron chi connectivity index (χ2n) is 9.16. The second-order valence-corrected chi connectivity index (χ2v) is 9.59. The van der Waals surface area contributed by atoms with Crippen molar-refractivity contribution in [2.75, 3.05) is 20.1 Å². The van der Waals surface area contributed by atoms with Gasteiger partial charge in [0, 0.05) is 56.7 Å². The SMILES string of the molecule is Cc1cnn(CC(=O)N2CC[C@H](Oc3cccc(Cl)c3)[C@@H](CC(=O)N(C)Cc3ccccc3)C2)c1. The Morgan fingerprint density at radius 2 is 1.97 bits per heavy atom. The van der Waals surface area contributed by atoms with Gasteiger partial charge in [-0.15, -0.1) is 0 Å². The lowest BCUT2D eigenvalue weighted by atomic mass is 9.90. The van der Waals surface area contributed by atoms with E-state index in [1.165, 1.54) is 0 Å². The summed E-state index contributed by atoms with van der Waals surface area (Å²) in [4.78, 5) is 29.7. The van der Waals surface area contributed by atoms with Gasteiger partial charge in [-0.05, 0) is 36.2 Å². The van der Waals surface area contributed by atoms with Gasteiger partial charge in [-0.3, -0.25) is 14.3 Å². The molecule has 2 atom stereocenters. The normalized spacial score (nSPS) is 17.7. The van der Waals surface area contributed by atoms with Gasteiger partial charge in [0.15, 0.2) is 0 Å². The fraction of sp³-hybridized carbons (Fsp3) is 0.370. The molecule has 3 aromatic rings. The quantitative estimate of drug-likeness (QED) is 0.471. The number of likely N-dealkylation sites (tertiary alicyclic amines) is 1. The van der Waals surface area contributed by atoms with Gasteiger partial charge in [-0.25, -0.2) is 0 Å². The maximum Gasteiger partial charge on any atom is 0.244 e. The van der Waals surface area contributed by atoms with Crippen LogP contribution < -0.4 is 4.74 Å². The van der Waals surface area contributed by atoms with E-state index in [2.05, 4.69) is 5.10 Å². The first-order valence-corrected chi connectivity index (χ1v) is 12.2. The Kier molecular flexibility index (Phi) is 8.08. The Labute approximate surface area is 211 Å². The van der Waals surface area contributed by atoms with Gasteiger partial charge in [0.25, 0.3) is 0 Å². The van der Waals surface area contributed by atoms with Gasteiger partial charge in [-0.2, -0.15) is 5.10 Å². The number of aryl methyl sites for hydroxylation is 1. The molecular formula is C27H31ClN4O3. The molecule has 0 spiro atoms. The number of carbonyl (C=O) groups excluding carboxylic acids is 2. The monoisotopic (exact) mass is 494 g/mol. The summed E-state index contributed by atoms with van der Waals surface area (Å²) >= 11 is 6.14. The smallest absolute Gasteiger partial charge is 0.244 e. The van der Waals surface area contributed by atoms with Crippen LogP contribution in [-0.2, 0) is 22.7 Å². The van der Waals surface area contributed by atoms with Crippen LogP contribution in [0.1, 0.15) is 24.0 Å². The third-order valence-electron chi connectivity index (χ3n) is 6.29. The molecule has 1 aromatic heterocycles. The fourth-order valence-corrected chi connectivity index (χ4v) is 4.60. The van der Waals surface area contributed by atoms with Crippen LogP contribution in [0.2, 0.25) is 5.02 Å². The number of hydrogen-bond acceptors (Lipinski definition) is 4. The first-order valence-electron chi connectivity index (χ1n) is 11.8. The Morgan fingerprint density at radius 1 is 1.17 bits per heavy atom. The minimum atomic E-state index is -0.196. The molecule has 0 saturated carbocycles. The molecule has 0 N–H and O–H groups in total. The number of hydrogen-bond donors (Lipinski definition) is 0. The fourth-order valence-electron chi connectivity index (χ4n) is 4.42. The van der Waals surface area contributed by atoms with Crippen LogP contribution >= 0.6 is 11.6 Å². The van der Waals surface area contributed by atoms with E-state index in [0.717, 1.165) is 11.1 Å². The molecule has 0 radical (unpaired) electrons. The van der Waals surface area contributed by atoms with Gasteiger partial charge in [-0.1, -0.05) is 48.0 Å². The van der Waals surface area contributed by atoms with E-state index in [-0.39, 0.29) is 30.4 Å². The van der Waals surface area contributed by atoms with Gasteiger partial charge in [0.2, 0.25) is 11.8 Å². The van der Waals surface area contributed by atoms with Crippen molar-refractivity contribution in [1.29, 1.82) is 0 Å².